The Kier molecular flexibility index (Phi) is 5.55. The lowest BCUT2D eigenvalue weighted by atomic mass is 10.0. The number of anilines is 1. The lowest BCUT2D eigenvalue weighted by molar-refractivity contribution is 0.102. The molecule has 2 aromatic carbocycles. The van der Waals surface area contributed by atoms with Crippen LogP contribution >= 0.6 is 0 Å². The van der Waals surface area contributed by atoms with Crippen molar-refractivity contribution < 1.29 is 9.53 Å². The Morgan fingerprint density at radius 1 is 1.09 bits per heavy atom. The number of carbonyl (C=O) groups is 1. The van der Waals surface area contributed by atoms with Gasteiger partial charge in [0.25, 0.3) is 5.91 Å². The lowest BCUT2D eigenvalue weighted by Gasteiger charge is -2.09. The SMILES string of the molecule is COc1cccc(Cn2cc(NC(=O)c3cc(-c4cn(C)nc4C)nc4ccccc34)cn2)c1. The van der Waals surface area contributed by atoms with Crippen LogP contribution in [0.5, 0.6) is 5.75 Å². The van der Waals surface area contributed by atoms with Crippen LogP contribution in [0.1, 0.15) is 21.6 Å². The molecule has 0 bridgehead atoms. The van der Waals surface area contributed by atoms with Gasteiger partial charge in [0, 0.05) is 30.4 Å². The molecule has 0 fully saturated rings. The van der Waals surface area contributed by atoms with Crippen molar-refractivity contribution in [3.8, 4) is 17.0 Å². The van der Waals surface area contributed by atoms with Gasteiger partial charge < -0.3 is 10.1 Å². The van der Waals surface area contributed by atoms with Crippen LogP contribution in [0, 0.1) is 6.92 Å². The molecule has 0 aliphatic carbocycles. The maximum Gasteiger partial charge on any atom is 0.256 e. The number of hydrogen-bond donors (Lipinski definition) is 1. The van der Waals surface area contributed by atoms with Gasteiger partial charge in [-0.25, -0.2) is 4.98 Å². The van der Waals surface area contributed by atoms with Crippen molar-refractivity contribution in [3.63, 3.8) is 0 Å². The van der Waals surface area contributed by atoms with Crippen LogP contribution in [0.4, 0.5) is 5.69 Å². The van der Waals surface area contributed by atoms with Crippen LogP contribution in [0.15, 0.2) is 73.2 Å². The minimum absolute atomic E-state index is 0.220. The summed E-state index contributed by atoms with van der Waals surface area (Å²) >= 11 is 0. The maximum atomic E-state index is 13.3. The Labute approximate surface area is 196 Å². The fourth-order valence-corrected chi connectivity index (χ4v) is 4.02. The Bertz CT molecular complexity index is 1500. The van der Waals surface area contributed by atoms with Gasteiger partial charge in [-0.05, 0) is 36.8 Å². The van der Waals surface area contributed by atoms with E-state index in [1.54, 1.807) is 22.7 Å². The average molecular weight is 453 g/mol. The quantitative estimate of drug-likeness (QED) is 0.411. The number of amides is 1. The van der Waals surface area contributed by atoms with E-state index in [0.717, 1.165) is 33.5 Å². The molecule has 5 aromatic rings. The number of rotatable bonds is 6. The third-order valence-electron chi connectivity index (χ3n) is 5.62. The van der Waals surface area contributed by atoms with E-state index in [2.05, 4.69) is 15.5 Å². The summed E-state index contributed by atoms with van der Waals surface area (Å²) in [6.07, 6.45) is 5.37. The van der Waals surface area contributed by atoms with E-state index in [-0.39, 0.29) is 5.91 Å². The van der Waals surface area contributed by atoms with Gasteiger partial charge in [-0.1, -0.05) is 30.3 Å². The summed E-state index contributed by atoms with van der Waals surface area (Å²) in [5.74, 6) is 0.574. The van der Waals surface area contributed by atoms with E-state index >= 15 is 0 Å². The Morgan fingerprint density at radius 2 is 1.94 bits per heavy atom. The summed E-state index contributed by atoms with van der Waals surface area (Å²) in [6.45, 7) is 2.50. The number of benzene rings is 2. The molecule has 0 spiro atoms. The molecule has 0 atom stereocenters. The third kappa shape index (κ3) is 4.25. The molecule has 170 valence electrons. The zero-order chi connectivity index (χ0) is 23.7. The van der Waals surface area contributed by atoms with E-state index in [4.69, 9.17) is 9.72 Å². The molecule has 34 heavy (non-hydrogen) atoms. The van der Waals surface area contributed by atoms with E-state index in [0.29, 0.717) is 23.5 Å². The Balaban J connectivity index is 1.43. The molecule has 3 aromatic heterocycles. The van der Waals surface area contributed by atoms with Gasteiger partial charge in [0.1, 0.15) is 5.75 Å². The van der Waals surface area contributed by atoms with Crippen molar-refractivity contribution in [2.24, 2.45) is 7.05 Å². The number of fused-ring (bicyclic) bond motifs is 1. The van der Waals surface area contributed by atoms with Gasteiger partial charge in [-0.15, -0.1) is 0 Å². The molecule has 0 saturated carbocycles. The van der Waals surface area contributed by atoms with Crippen molar-refractivity contribution in [2.45, 2.75) is 13.5 Å². The van der Waals surface area contributed by atoms with Crippen molar-refractivity contribution >= 4 is 22.5 Å². The zero-order valence-corrected chi connectivity index (χ0v) is 19.2. The number of nitrogens with zero attached hydrogens (tertiary/aromatic N) is 5. The summed E-state index contributed by atoms with van der Waals surface area (Å²) in [6, 6.07) is 17.3. The van der Waals surface area contributed by atoms with E-state index < -0.39 is 0 Å². The molecule has 0 saturated heterocycles. The van der Waals surface area contributed by atoms with Gasteiger partial charge in [0.15, 0.2) is 0 Å². The molecule has 0 aliphatic rings. The van der Waals surface area contributed by atoms with Gasteiger partial charge in [0.2, 0.25) is 0 Å². The molecular formula is C26H24N6O2. The minimum Gasteiger partial charge on any atom is -0.497 e. The summed E-state index contributed by atoms with van der Waals surface area (Å²) < 4.78 is 8.81. The molecule has 1 amide bonds. The molecule has 1 N–H and O–H groups in total. The van der Waals surface area contributed by atoms with Crippen molar-refractivity contribution in [1.82, 2.24) is 24.5 Å². The summed E-state index contributed by atoms with van der Waals surface area (Å²) in [5, 5.41) is 12.6. The molecule has 0 aliphatic heterocycles. The van der Waals surface area contributed by atoms with Crippen LogP contribution in [-0.4, -0.2) is 37.6 Å². The average Bonchev–Trinajstić information content (AvgIpc) is 3.42. The van der Waals surface area contributed by atoms with Crippen LogP contribution in [0.2, 0.25) is 0 Å². The first-order valence-electron chi connectivity index (χ1n) is 10.9. The molecule has 0 unspecified atom stereocenters. The Hall–Kier alpha value is -4.46. The summed E-state index contributed by atoms with van der Waals surface area (Å²) in [7, 11) is 3.51. The highest BCUT2D eigenvalue weighted by molar-refractivity contribution is 6.13. The molecule has 3 heterocycles. The predicted molar refractivity (Wildman–Crippen MR) is 131 cm³/mol. The number of nitrogens with one attached hydrogen (secondary N) is 1. The highest BCUT2D eigenvalue weighted by Crippen LogP contribution is 2.27. The number of methoxy groups -OCH3 is 1. The largest absolute Gasteiger partial charge is 0.497 e. The standard InChI is InChI=1S/C26H24N6O2/c1-17-23(16-31(2)30-17)25-12-22(21-9-4-5-10-24(21)29-25)26(33)28-19-13-27-32(15-19)14-18-7-6-8-20(11-18)34-3/h4-13,15-16H,14H2,1-3H3,(H,28,33). The minimum atomic E-state index is -0.220. The molecular weight excluding hydrogens is 428 g/mol. The summed E-state index contributed by atoms with van der Waals surface area (Å²) in [4.78, 5) is 18.1. The molecule has 0 radical (unpaired) electrons. The number of pyridine rings is 1. The fourth-order valence-electron chi connectivity index (χ4n) is 4.02. The normalized spacial score (nSPS) is 11.0. The summed E-state index contributed by atoms with van der Waals surface area (Å²) in [5.41, 5.74) is 5.43. The molecule has 8 heteroatoms. The number of ether oxygens (including phenoxy) is 1. The number of para-hydroxylation sites is 1. The second-order valence-electron chi connectivity index (χ2n) is 8.11. The number of aromatic nitrogens is 5. The van der Waals surface area contributed by atoms with Gasteiger partial charge in [-0.2, -0.15) is 10.2 Å². The van der Waals surface area contributed by atoms with E-state index in [9.17, 15) is 4.79 Å². The molecule has 5 rings (SSSR count). The van der Waals surface area contributed by atoms with E-state index in [1.807, 2.05) is 81.0 Å². The monoisotopic (exact) mass is 452 g/mol. The van der Waals surface area contributed by atoms with E-state index in [1.165, 1.54) is 0 Å². The van der Waals surface area contributed by atoms with Crippen LogP contribution < -0.4 is 10.1 Å². The van der Waals surface area contributed by atoms with Gasteiger partial charge in [-0.3, -0.25) is 14.2 Å². The van der Waals surface area contributed by atoms with Gasteiger partial charge >= 0.3 is 0 Å². The molecule has 8 nitrogen and oxygen atoms in total. The first-order valence-corrected chi connectivity index (χ1v) is 10.9. The smallest absolute Gasteiger partial charge is 0.256 e. The van der Waals surface area contributed by atoms with Crippen molar-refractivity contribution in [1.29, 1.82) is 0 Å². The zero-order valence-electron chi connectivity index (χ0n) is 19.2. The Morgan fingerprint density at radius 3 is 2.74 bits per heavy atom. The maximum absolute atomic E-state index is 13.3. The van der Waals surface area contributed by atoms with Crippen molar-refractivity contribution in [2.75, 3.05) is 12.4 Å². The topological polar surface area (TPSA) is 86.9 Å². The fraction of sp³-hybridized carbons (Fsp3) is 0.154. The highest BCUT2D eigenvalue weighted by Gasteiger charge is 2.17. The van der Waals surface area contributed by atoms with Crippen molar-refractivity contribution in [3.05, 3.63) is 90.0 Å². The number of carbonyl (C=O) groups excluding carboxylic acids is 1. The highest BCUT2D eigenvalue weighted by atomic mass is 16.5. The second kappa shape index (κ2) is 8.82. The number of hydrogen-bond acceptors (Lipinski definition) is 5. The first-order chi connectivity index (χ1) is 16.5. The third-order valence-corrected chi connectivity index (χ3v) is 5.62. The second-order valence-corrected chi connectivity index (χ2v) is 8.11. The van der Waals surface area contributed by atoms with Gasteiger partial charge in [0.05, 0.1) is 48.0 Å². The van der Waals surface area contributed by atoms with Crippen LogP contribution in [0.3, 0.4) is 0 Å². The predicted octanol–water partition coefficient (Wildman–Crippen LogP) is 4.45. The van der Waals surface area contributed by atoms with Crippen LogP contribution in [-0.2, 0) is 13.6 Å². The van der Waals surface area contributed by atoms with Crippen LogP contribution in [0.25, 0.3) is 22.2 Å². The number of aryl methyl sites for hydroxylation is 2. The first kappa shape index (κ1) is 21.4. The lowest BCUT2D eigenvalue weighted by Crippen LogP contribution is -2.13.